The maximum atomic E-state index is 11.0. The van der Waals surface area contributed by atoms with E-state index in [2.05, 4.69) is 27.9 Å². The van der Waals surface area contributed by atoms with Crippen LogP contribution < -0.4 is 0 Å². The van der Waals surface area contributed by atoms with Crippen LogP contribution in [0.4, 0.5) is 0 Å². The summed E-state index contributed by atoms with van der Waals surface area (Å²) in [6, 6.07) is 0.577. The molecule has 5 heteroatoms. The summed E-state index contributed by atoms with van der Waals surface area (Å²) in [6.45, 7) is 0.875. The monoisotopic (exact) mass is 311 g/mol. The van der Waals surface area contributed by atoms with Gasteiger partial charge in [0, 0.05) is 17.1 Å². The lowest BCUT2D eigenvalue weighted by molar-refractivity contribution is 0.201. The van der Waals surface area contributed by atoms with E-state index in [-0.39, 0.29) is 0 Å². The second-order valence-electron chi connectivity index (χ2n) is 4.83. The lowest BCUT2D eigenvalue weighted by atomic mass is 9.94. The zero-order valence-corrected chi connectivity index (χ0v) is 12.6. The van der Waals surface area contributed by atoms with Crippen LogP contribution in [0.1, 0.15) is 32.1 Å². The predicted molar refractivity (Wildman–Crippen MR) is 71.9 cm³/mol. The van der Waals surface area contributed by atoms with Crippen LogP contribution >= 0.6 is 15.9 Å². The van der Waals surface area contributed by atoms with Crippen LogP contribution in [0.3, 0.4) is 0 Å². The highest BCUT2D eigenvalue weighted by Gasteiger charge is 2.25. The van der Waals surface area contributed by atoms with Gasteiger partial charge in [0.15, 0.2) is 0 Å². The summed E-state index contributed by atoms with van der Waals surface area (Å²) in [4.78, 5) is 2.88. The van der Waals surface area contributed by atoms with Gasteiger partial charge in [-0.1, -0.05) is 28.8 Å². The molecule has 0 saturated heterocycles. The van der Waals surface area contributed by atoms with Crippen LogP contribution in [-0.4, -0.2) is 49.8 Å². The van der Waals surface area contributed by atoms with Gasteiger partial charge in [0.05, 0.1) is 5.75 Å². The lowest BCUT2D eigenvalue weighted by Gasteiger charge is -2.35. The molecule has 2 unspecified atom stereocenters. The molecule has 1 fully saturated rings. The SMILES string of the molecule is CN(CCCS(C)(=O)=O)C1CCCCC1Br. The van der Waals surface area contributed by atoms with E-state index in [4.69, 9.17) is 0 Å². The summed E-state index contributed by atoms with van der Waals surface area (Å²) in [6.07, 6.45) is 7.12. The Bertz CT molecular complexity index is 305. The fourth-order valence-corrected chi connectivity index (χ4v) is 3.95. The summed E-state index contributed by atoms with van der Waals surface area (Å²) in [5.74, 6) is 0.303. The van der Waals surface area contributed by atoms with Crippen molar-refractivity contribution in [2.24, 2.45) is 0 Å². The summed E-state index contributed by atoms with van der Waals surface area (Å²) < 4.78 is 22.1. The standard InChI is InChI=1S/C11H22BrNO2S/c1-13(8-5-9-16(2,14)15)11-7-4-3-6-10(11)12/h10-11H,3-9H2,1-2H3. The molecule has 16 heavy (non-hydrogen) atoms. The molecule has 0 N–H and O–H groups in total. The van der Waals surface area contributed by atoms with Gasteiger partial charge in [0.1, 0.15) is 9.84 Å². The predicted octanol–water partition coefficient (Wildman–Crippen LogP) is 2.06. The van der Waals surface area contributed by atoms with Crippen LogP contribution in [0, 0.1) is 0 Å². The highest BCUT2D eigenvalue weighted by atomic mass is 79.9. The number of nitrogens with zero attached hydrogens (tertiary/aromatic N) is 1. The highest BCUT2D eigenvalue weighted by molar-refractivity contribution is 9.09. The molecular formula is C11H22BrNO2S. The van der Waals surface area contributed by atoms with Gasteiger partial charge in [-0.3, -0.25) is 0 Å². The number of hydrogen-bond acceptors (Lipinski definition) is 3. The molecule has 0 amide bonds. The Hall–Kier alpha value is 0.390. The molecule has 0 bridgehead atoms. The molecule has 1 aliphatic carbocycles. The number of hydrogen-bond donors (Lipinski definition) is 0. The molecule has 0 heterocycles. The molecule has 2 atom stereocenters. The topological polar surface area (TPSA) is 37.4 Å². The number of alkyl halides is 1. The van der Waals surface area contributed by atoms with Crippen LogP contribution in [0.25, 0.3) is 0 Å². The van der Waals surface area contributed by atoms with E-state index in [0.29, 0.717) is 16.6 Å². The van der Waals surface area contributed by atoms with Gasteiger partial charge >= 0.3 is 0 Å². The molecule has 0 aromatic carbocycles. The van der Waals surface area contributed by atoms with Crippen LogP contribution in [-0.2, 0) is 9.84 Å². The first-order valence-electron chi connectivity index (χ1n) is 5.92. The van der Waals surface area contributed by atoms with Crippen molar-refractivity contribution in [3.63, 3.8) is 0 Å². The zero-order chi connectivity index (χ0) is 12.2. The fraction of sp³-hybridized carbons (Fsp3) is 1.00. The number of sulfone groups is 1. The van der Waals surface area contributed by atoms with Crippen LogP contribution in [0.15, 0.2) is 0 Å². The third-order valence-electron chi connectivity index (χ3n) is 3.24. The third-order valence-corrected chi connectivity index (χ3v) is 5.34. The molecule has 1 saturated carbocycles. The van der Waals surface area contributed by atoms with Crippen molar-refractivity contribution in [1.29, 1.82) is 0 Å². The molecule has 1 rings (SSSR count). The van der Waals surface area contributed by atoms with E-state index in [1.165, 1.54) is 31.9 Å². The molecule has 96 valence electrons. The number of halogens is 1. The highest BCUT2D eigenvalue weighted by Crippen LogP contribution is 2.27. The van der Waals surface area contributed by atoms with Crippen LogP contribution in [0.5, 0.6) is 0 Å². The quantitative estimate of drug-likeness (QED) is 0.729. The van der Waals surface area contributed by atoms with E-state index in [0.717, 1.165) is 13.0 Å². The smallest absolute Gasteiger partial charge is 0.147 e. The second-order valence-corrected chi connectivity index (χ2v) is 8.27. The average Bonchev–Trinajstić information content (AvgIpc) is 2.16. The van der Waals surface area contributed by atoms with Crippen LogP contribution in [0.2, 0.25) is 0 Å². The summed E-state index contributed by atoms with van der Waals surface area (Å²) in [5, 5.41) is 0. The molecule has 3 nitrogen and oxygen atoms in total. The molecule has 0 radical (unpaired) electrons. The Balaban J connectivity index is 2.31. The molecular weight excluding hydrogens is 290 g/mol. The maximum absolute atomic E-state index is 11.0. The Labute approximate surface area is 108 Å². The Morgan fingerprint density at radius 1 is 1.31 bits per heavy atom. The van der Waals surface area contributed by atoms with Gasteiger partial charge < -0.3 is 4.90 Å². The second kappa shape index (κ2) is 6.36. The van der Waals surface area contributed by atoms with E-state index >= 15 is 0 Å². The maximum Gasteiger partial charge on any atom is 0.147 e. The van der Waals surface area contributed by atoms with Crippen molar-refractivity contribution in [2.75, 3.05) is 25.6 Å². The Morgan fingerprint density at radius 3 is 2.50 bits per heavy atom. The van der Waals surface area contributed by atoms with Gasteiger partial charge in [-0.25, -0.2) is 8.42 Å². The third kappa shape index (κ3) is 5.15. The zero-order valence-electron chi connectivity index (χ0n) is 10.2. The summed E-state index contributed by atoms with van der Waals surface area (Å²) in [7, 11) is -0.699. The molecule has 0 spiro atoms. The first-order chi connectivity index (χ1) is 7.40. The molecule has 0 aliphatic heterocycles. The van der Waals surface area contributed by atoms with E-state index in [1.54, 1.807) is 0 Å². The van der Waals surface area contributed by atoms with Gasteiger partial charge in [-0.2, -0.15) is 0 Å². The first-order valence-corrected chi connectivity index (χ1v) is 8.90. The fourth-order valence-electron chi connectivity index (χ4n) is 2.30. The normalized spacial score (nSPS) is 27.2. The van der Waals surface area contributed by atoms with Gasteiger partial charge in [0.2, 0.25) is 0 Å². The minimum absolute atomic E-state index is 0.303. The first kappa shape index (κ1) is 14.5. The van der Waals surface area contributed by atoms with E-state index in [1.807, 2.05) is 0 Å². The molecule has 0 aromatic heterocycles. The molecule has 1 aliphatic rings. The number of rotatable bonds is 5. The minimum Gasteiger partial charge on any atom is -0.302 e. The minimum atomic E-state index is -2.80. The molecule has 0 aromatic rings. The largest absolute Gasteiger partial charge is 0.302 e. The Kier molecular flexibility index (Phi) is 5.74. The van der Waals surface area contributed by atoms with Gasteiger partial charge in [0.25, 0.3) is 0 Å². The van der Waals surface area contributed by atoms with Gasteiger partial charge in [-0.15, -0.1) is 0 Å². The Morgan fingerprint density at radius 2 is 1.94 bits per heavy atom. The average molecular weight is 312 g/mol. The van der Waals surface area contributed by atoms with Crippen molar-refractivity contribution in [3.8, 4) is 0 Å². The van der Waals surface area contributed by atoms with Crippen molar-refractivity contribution >= 4 is 25.8 Å². The lowest BCUT2D eigenvalue weighted by Crippen LogP contribution is -2.41. The van der Waals surface area contributed by atoms with Crippen molar-refractivity contribution in [3.05, 3.63) is 0 Å². The van der Waals surface area contributed by atoms with Crippen molar-refractivity contribution in [1.82, 2.24) is 4.90 Å². The van der Waals surface area contributed by atoms with E-state index in [9.17, 15) is 8.42 Å². The summed E-state index contributed by atoms with van der Waals surface area (Å²) >= 11 is 3.73. The van der Waals surface area contributed by atoms with Crippen molar-refractivity contribution in [2.45, 2.75) is 43.0 Å². The van der Waals surface area contributed by atoms with Gasteiger partial charge in [-0.05, 0) is 32.9 Å². The summed E-state index contributed by atoms with van der Waals surface area (Å²) in [5.41, 5.74) is 0. The van der Waals surface area contributed by atoms with E-state index < -0.39 is 9.84 Å². The van der Waals surface area contributed by atoms with Crippen molar-refractivity contribution < 1.29 is 8.42 Å².